The zero-order valence-corrected chi connectivity index (χ0v) is 16.4. The van der Waals surface area contributed by atoms with Crippen molar-refractivity contribution in [3.63, 3.8) is 0 Å². The van der Waals surface area contributed by atoms with Gasteiger partial charge in [0.05, 0.1) is 34.9 Å². The lowest BCUT2D eigenvalue weighted by atomic mass is 9.68. The van der Waals surface area contributed by atoms with E-state index in [1.807, 2.05) is 0 Å². The molecule has 0 fully saturated rings. The van der Waals surface area contributed by atoms with Crippen molar-refractivity contribution in [2.45, 2.75) is 26.3 Å². The van der Waals surface area contributed by atoms with Gasteiger partial charge >= 0.3 is 0 Å². The summed E-state index contributed by atoms with van der Waals surface area (Å²) in [4.78, 5) is 17.8. The summed E-state index contributed by atoms with van der Waals surface area (Å²) in [5.74, 6) is -1.42. The van der Waals surface area contributed by atoms with Crippen LogP contribution in [0.4, 0.5) is 20.2 Å². The molecule has 0 aliphatic rings. The maximum absolute atomic E-state index is 14.7. The molecule has 0 saturated heterocycles. The molecular weight excluding hydrogens is 364 g/mol. The summed E-state index contributed by atoms with van der Waals surface area (Å²) >= 11 is 0. The minimum absolute atomic E-state index is 0.0587. The van der Waals surface area contributed by atoms with Gasteiger partial charge in [0, 0.05) is 24.4 Å². The molecule has 1 atom stereocenters. The topological polar surface area (TPSA) is 97.3 Å². The molecule has 5 N–H and O–H groups in total. The summed E-state index contributed by atoms with van der Waals surface area (Å²) < 4.78 is 28.0. The Morgan fingerprint density at radius 1 is 1.18 bits per heavy atom. The van der Waals surface area contributed by atoms with E-state index in [1.54, 1.807) is 20.8 Å². The van der Waals surface area contributed by atoms with Crippen LogP contribution < -0.4 is 16.8 Å². The quantitative estimate of drug-likeness (QED) is 0.705. The molecule has 2 rings (SSSR count). The number of nitrogens with two attached hydrogens (primary N) is 2. The second kappa shape index (κ2) is 7.55. The van der Waals surface area contributed by atoms with Gasteiger partial charge in [-0.3, -0.25) is 9.78 Å². The standard InChI is InChI=1S/C20H25F2N5O/c1-12(23)27(5)18(28)19(2,3)20(4,24)16-9-14(6-7-17(16)22)26-15-8-13(21)10-25-11-15/h6-11,26H,1,23-24H2,2-5H3/t20-/m1/s1. The highest BCUT2D eigenvalue weighted by Crippen LogP contribution is 2.41. The smallest absolute Gasteiger partial charge is 0.235 e. The number of pyridine rings is 1. The third-order valence-electron chi connectivity index (χ3n) is 5.09. The van der Waals surface area contributed by atoms with Crippen molar-refractivity contribution in [3.05, 3.63) is 66.3 Å². The number of nitrogens with zero attached hydrogens (tertiary/aromatic N) is 2. The van der Waals surface area contributed by atoms with Gasteiger partial charge in [-0.2, -0.15) is 0 Å². The number of hydrogen-bond acceptors (Lipinski definition) is 5. The van der Waals surface area contributed by atoms with Gasteiger partial charge in [-0.1, -0.05) is 6.58 Å². The fraction of sp³-hybridized carbons (Fsp3) is 0.300. The molecule has 1 aromatic heterocycles. The van der Waals surface area contributed by atoms with Crippen LogP contribution >= 0.6 is 0 Å². The van der Waals surface area contributed by atoms with Crippen molar-refractivity contribution in [1.82, 2.24) is 9.88 Å². The van der Waals surface area contributed by atoms with Crippen molar-refractivity contribution >= 4 is 17.3 Å². The molecule has 1 amide bonds. The van der Waals surface area contributed by atoms with Gasteiger partial charge in [-0.15, -0.1) is 0 Å². The second-order valence-corrected chi connectivity index (χ2v) is 7.39. The molecule has 0 spiro atoms. The number of carbonyl (C=O) groups excluding carboxylic acids is 1. The van der Waals surface area contributed by atoms with E-state index >= 15 is 0 Å². The number of rotatable bonds is 6. The number of anilines is 2. The minimum atomic E-state index is -1.39. The summed E-state index contributed by atoms with van der Waals surface area (Å²) in [6, 6.07) is 5.48. The summed E-state index contributed by atoms with van der Waals surface area (Å²) in [5.41, 5.74) is 10.5. The third-order valence-corrected chi connectivity index (χ3v) is 5.09. The molecule has 0 bridgehead atoms. The zero-order valence-electron chi connectivity index (χ0n) is 16.4. The van der Waals surface area contributed by atoms with Crippen molar-refractivity contribution in [3.8, 4) is 0 Å². The van der Waals surface area contributed by atoms with E-state index in [0.717, 1.165) is 6.20 Å². The van der Waals surface area contributed by atoms with Gasteiger partial charge < -0.3 is 21.7 Å². The number of halogens is 2. The predicted octanol–water partition coefficient (Wildman–Crippen LogP) is 3.19. The van der Waals surface area contributed by atoms with E-state index in [0.29, 0.717) is 11.4 Å². The molecule has 28 heavy (non-hydrogen) atoms. The highest BCUT2D eigenvalue weighted by molar-refractivity contribution is 5.85. The van der Waals surface area contributed by atoms with E-state index in [4.69, 9.17) is 11.5 Å². The Balaban J connectivity index is 2.44. The molecule has 1 heterocycles. The van der Waals surface area contributed by atoms with E-state index in [-0.39, 0.29) is 11.4 Å². The first-order valence-corrected chi connectivity index (χ1v) is 8.57. The number of amides is 1. The lowest BCUT2D eigenvalue weighted by Crippen LogP contribution is -2.56. The summed E-state index contributed by atoms with van der Waals surface area (Å²) in [5, 5.41) is 2.95. The molecule has 2 aromatic rings. The first kappa shape index (κ1) is 21.3. The number of nitrogens with one attached hydrogen (secondary N) is 1. The van der Waals surface area contributed by atoms with Crippen molar-refractivity contribution in [2.75, 3.05) is 12.4 Å². The molecule has 0 radical (unpaired) electrons. The molecule has 0 saturated carbocycles. The second-order valence-electron chi connectivity index (χ2n) is 7.39. The average Bonchev–Trinajstić information content (AvgIpc) is 2.61. The van der Waals surface area contributed by atoms with E-state index in [9.17, 15) is 13.6 Å². The monoisotopic (exact) mass is 389 g/mol. The first-order valence-electron chi connectivity index (χ1n) is 8.57. The number of benzene rings is 1. The van der Waals surface area contributed by atoms with Crippen LogP contribution in [0.1, 0.15) is 26.3 Å². The van der Waals surface area contributed by atoms with Gasteiger partial charge in [0.2, 0.25) is 5.91 Å². The summed E-state index contributed by atoms with van der Waals surface area (Å²) in [6.45, 7) is 8.36. The van der Waals surface area contributed by atoms with Crippen LogP contribution in [0.15, 0.2) is 49.1 Å². The van der Waals surface area contributed by atoms with E-state index in [2.05, 4.69) is 16.9 Å². The van der Waals surface area contributed by atoms with Crippen LogP contribution in [0.2, 0.25) is 0 Å². The zero-order chi connectivity index (χ0) is 21.3. The highest BCUT2D eigenvalue weighted by atomic mass is 19.1. The van der Waals surface area contributed by atoms with Crippen molar-refractivity contribution in [2.24, 2.45) is 16.9 Å². The first-order chi connectivity index (χ1) is 12.9. The molecular formula is C20H25F2N5O. The van der Waals surface area contributed by atoms with Gasteiger partial charge in [0.15, 0.2) is 0 Å². The number of carbonyl (C=O) groups is 1. The largest absolute Gasteiger partial charge is 0.386 e. The van der Waals surface area contributed by atoms with Crippen LogP contribution in [-0.4, -0.2) is 22.8 Å². The number of hydrogen-bond donors (Lipinski definition) is 3. The normalized spacial score (nSPS) is 13.5. The van der Waals surface area contributed by atoms with Gasteiger partial charge in [0.1, 0.15) is 11.6 Å². The Hall–Kier alpha value is -3.00. The predicted molar refractivity (Wildman–Crippen MR) is 105 cm³/mol. The van der Waals surface area contributed by atoms with Crippen molar-refractivity contribution in [1.29, 1.82) is 0 Å². The van der Waals surface area contributed by atoms with Gasteiger partial charge in [-0.25, -0.2) is 8.78 Å². The molecule has 1 aromatic carbocycles. The SMILES string of the molecule is C=C(N)N(C)C(=O)C(C)(C)[C@](C)(N)c1cc(Nc2cncc(F)c2)ccc1F. The summed E-state index contributed by atoms with van der Waals surface area (Å²) in [6.07, 6.45) is 2.51. The Bertz CT molecular complexity index is 911. The molecule has 6 nitrogen and oxygen atoms in total. The maximum Gasteiger partial charge on any atom is 0.235 e. The molecule has 0 unspecified atom stereocenters. The summed E-state index contributed by atoms with van der Waals surface area (Å²) in [7, 11) is 1.48. The molecule has 0 aliphatic heterocycles. The molecule has 0 aliphatic carbocycles. The molecule has 150 valence electrons. The van der Waals surface area contributed by atoms with E-state index in [1.165, 1.54) is 42.4 Å². The van der Waals surface area contributed by atoms with Crippen LogP contribution in [0.25, 0.3) is 0 Å². The fourth-order valence-corrected chi connectivity index (χ4v) is 2.76. The Kier molecular flexibility index (Phi) is 5.75. The van der Waals surface area contributed by atoms with Crippen LogP contribution in [0, 0.1) is 17.0 Å². The average molecular weight is 389 g/mol. The third kappa shape index (κ3) is 3.96. The number of aromatic nitrogens is 1. The van der Waals surface area contributed by atoms with Crippen molar-refractivity contribution < 1.29 is 13.6 Å². The van der Waals surface area contributed by atoms with Crippen LogP contribution in [0.3, 0.4) is 0 Å². The van der Waals surface area contributed by atoms with Gasteiger partial charge in [0.25, 0.3) is 0 Å². The minimum Gasteiger partial charge on any atom is -0.386 e. The maximum atomic E-state index is 14.7. The van der Waals surface area contributed by atoms with Gasteiger partial charge in [-0.05, 0) is 39.0 Å². The highest BCUT2D eigenvalue weighted by Gasteiger charge is 2.47. The van der Waals surface area contributed by atoms with Crippen LogP contribution in [0.5, 0.6) is 0 Å². The van der Waals surface area contributed by atoms with E-state index < -0.39 is 28.5 Å². The lowest BCUT2D eigenvalue weighted by Gasteiger charge is -2.42. The Morgan fingerprint density at radius 2 is 1.82 bits per heavy atom. The lowest BCUT2D eigenvalue weighted by molar-refractivity contribution is -0.141. The Morgan fingerprint density at radius 3 is 2.39 bits per heavy atom. The van der Waals surface area contributed by atoms with Crippen LogP contribution in [-0.2, 0) is 10.3 Å². The fourth-order valence-electron chi connectivity index (χ4n) is 2.76. The molecule has 8 heteroatoms. The Labute approximate surface area is 163 Å².